The molecule has 0 saturated heterocycles. The molecular formula is C22H22N4O2. The molecule has 0 saturated carbocycles. The van der Waals surface area contributed by atoms with Gasteiger partial charge >= 0.3 is 0 Å². The molecule has 0 fully saturated rings. The zero-order valence-electron chi connectivity index (χ0n) is 15.8. The van der Waals surface area contributed by atoms with Crippen molar-refractivity contribution in [2.24, 2.45) is 0 Å². The molecule has 142 valence electrons. The van der Waals surface area contributed by atoms with Crippen molar-refractivity contribution in [3.05, 3.63) is 83.6 Å². The van der Waals surface area contributed by atoms with Crippen LogP contribution < -0.4 is 16.0 Å². The predicted octanol–water partition coefficient (Wildman–Crippen LogP) is 4.21. The van der Waals surface area contributed by atoms with E-state index in [0.717, 1.165) is 0 Å². The van der Waals surface area contributed by atoms with Gasteiger partial charge in [0.1, 0.15) is 5.82 Å². The Balaban J connectivity index is 1.67. The van der Waals surface area contributed by atoms with Crippen LogP contribution in [0.3, 0.4) is 0 Å². The fraction of sp³-hybridized carbons (Fsp3) is 0.136. The first-order valence-electron chi connectivity index (χ1n) is 8.95. The van der Waals surface area contributed by atoms with Crippen molar-refractivity contribution >= 4 is 29.0 Å². The normalized spacial score (nSPS) is 10.2. The lowest BCUT2D eigenvalue weighted by Crippen LogP contribution is -2.13. The van der Waals surface area contributed by atoms with Gasteiger partial charge in [-0.05, 0) is 48.4 Å². The Morgan fingerprint density at radius 1 is 0.929 bits per heavy atom. The number of benzene rings is 2. The molecule has 0 unspecified atom stereocenters. The monoisotopic (exact) mass is 374 g/mol. The smallest absolute Gasteiger partial charge is 0.255 e. The number of carbonyl (C=O) groups is 2. The molecule has 0 aliphatic rings. The number of hydrogen-bond acceptors (Lipinski definition) is 4. The molecule has 0 spiro atoms. The quantitative estimate of drug-likeness (QED) is 0.603. The minimum absolute atomic E-state index is 0.165. The van der Waals surface area contributed by atoms with Gasteiger partial charge in [-0.25, -0.2) is 4.98 Å². The molecule has 0 radical (unpaired) electrons. The fourth-order valence-corrected chi connectivity index (χ4v) is 2.74. The van der Waals surface area contributed by atoms with Crippen molar-refractivity contribution in [1.82, 2.24) is 4.98 Å². The molecule has 2 amide bonds. The number of aromatic nitrogens is 1. The Labute approximate surface area is 164 Å². The summed E-state index contributed by atoms with van der Waals surface area (Å²) in [5.74, 6) is 0.214. The standard InChI is InChI=1S/C22H22N4O2/c1-15-6-3-4-7-18(15)14-24-21-12-17(10-11-23-21)22(28)26-20-9-5-8-19(13-20)25-16(2)27/h3-13H,14H2,1-2H3,(H,23,24)(H,25,27)(H,26,28). The van der Waals surface area contributed by atoms with Crippen LogP contribution in [0.1, 0.15) is 28.4 Å². The predicted molar refractivity (Wildman–Crippen MR) is 111 cm³/mol. The SMILES string of the molecule is CC(=O)Nc1cccc(NC(=O)c2ccnc(NCc3ccccc3C)c2)c1. The average molecular weight is 374 g/mol. The van der Waals surface area contributed by atoms with Crippen LogP contribution >= 0.6 is 0 Å². The average Bonchev–Trinajstić information content (AvgIpc) is 2.67. The number of aryl methyl sites for hydroxylation is 1. The second-order valence-electron chi connectivity index (χ2n) is 6.43. The summed E-state index contributed by atoms with van der Waals surface area (Å²) in [6, 6.07) is 18.5. The van der Waals surface area contributed by atoms with Gasteiger partial charge in [0, 0.05) is 36.6 Å². The summed E-state index contributed by atoms with van der Waals surface area (Å²) < 4.78 is 0. The molecule has 1 heterocycles. The summed E-state index contributed by atoms with van der Waals surface area (Å²) in [4.78, 5) is 28.0. The number of pyridine rings is 1. The summed E-state index contributed by atoms with van der Waals surface area (Å²) >= 11 is 0. The Morgan fingerprint density at radius 2 is 1.68 bits per heavy atom. The Kier molecular flexibility index (Phi) is 6.01. The highest BCUT2D eigenvalue weighted by Gasteiger charge is 2.08. The molecule has 0 aliphatic heterocycles. The van der Waals surface area contributed by atoms with E-state index >= 15 is 0 Å². The molecule has 3 rings (SSSR count). The third-order valence-electron chi connectivity index (χ3n) is 4.18. The van der Waals surface area contributed by atoms with Gasteiger partial charge in [0.25, 0.3) is 5.91 Å². The molecule has 0 atom stereocenters. The zero-order chi connectivity index (χ0) is 19.9. The van der Waals surface area contributed by atoms with Gasteiger partial charge < -0.3 is 16.0 Å². The Morgan fingerprint density at radius 3 is 2.43 bits per heavy atom. The maximum Gasteiger partial charge on any atom is 0.255 e. The first-order chi connectivity index (χ1) is 13.5. The first-order valence-corrected chi connectivity index (χ1v) is 8.95. The van der Waals surface area contributed by atoms with Crippen LogP contribution in [0.5, 0.6) is 0 Å². The molecule has 3 aromatic rings. The Hall–Kier alpha value is -3.67. The van der Waals surface area contributed by atoms with E-state index in [1.165, 1.54) is 18.1 Å². The molecular weight excluding hydrogens is 352 g/mol. The highest BCUT2D eigenvalue weighted by molar-refractivity contribution is 6.05. The van der Waals surface area contributed by atoms with E-state index in [4.69, 9.17) is 0 Å². The lowest BCUT2D eigenvalue weighted by Gasteiger charge is -2.10. The van der Waals surface area contributed by atoms with Gasteiger partial charge in [-0.3, -0.25) is 9.59 Å². The first kappa shape index (κ1) is 19.1. The van der Waals surface area contributed by atoms with Crippen LogP contribution in [0.4, 0.5) is 17.2 Å². The highest BCUT2D eigenvalue weighted by Crippen LogP contribution is 2.17. The summed E-state index contributed by atoms with van der Waals surface area (Å²) in [6.45, 7) is 4.13. The van der Waals surface area contributed by atoms with E-state index < -0.39 is 0 Å². The largest absolute Gasteiger partial charge is 0.366 e. The third-order valence-corrected chi connectivity index (χ3v) is 4.18. The Bertz CT molecular complexity index is 1000. The minimum Gasteiger partial charge on any atom is -0.366 e. The number of nitrogens with one attached hydrogen (secondary N) is 3. The number of carbonyl (C=O) groups excluding carboxylic acids is 2. The topological polar surface area (TPSA) is 83.1 Å². The van der Waals surface area contributed by atoms with Gasteiger partial charge in [-0.2, -0.15) is 0 Å². The van der Waals surface area contributed by atoms with Crippen molar-refractivity contribution in [2.45, 2.75) is 20.4 Å². The van der Waals surface area contributed by atoms with Crippen LogP contribution in [0.15, 0.2) is 66.9 Å². The molecule has 0 aliphatic carbocycles. The van der Waals surface area contributed by atoms with E-state index in [0.29, 0.717) is 29.3 Å². The second kappa shape index (κ2) is 8.81. The molecule has 6 nitrogen and oxygen atoms in total. The fourth-order valence-electron chi connectivity index (χ4n) is 2.74. The van der Waals surface area contributed by atoms with E-state index in [9.17, 15) is 9.59 Å². The number of anilines is 3. The van der Waals surface area contributed by atoms with Gasteiger partial charge in [0.15, 0.2) is 0 Å². The molecule has 3 N–H and O–H groups in total. The number of rotatable bonds is 6. The van der Waals surface area contributed by atoms with Gasteiger partial charge in [-0.15, -0.1) is 0 Å². The van der Waals surface area contributed by atoms with E-state index in [2.05, 4.69) is 40.0 Å². The van der Waals surface area contributed by atoms with Crippen molar-refractivity contribution in [3.63, 3.8) is 0 Å². The van der Waals surface area contributed by atoms with E-state index in [-0.39, 0.29) is 11.8 Å². The molecule has 6 heteroatoms. The number of amides is 2. The van der Waals surface area contributed by atoms with Crippen LogP contribution in [0, 0.1) is 6.92 Å². The lowest BCUT2D eigenvalue weighted by atomic mass is 10.1. The van der Waals surface area contributed by atoms with Gasteiger partial charge in [-0.1, -0.05) is 30.3 Å². The van der Waals surface area contributed by atoms with Gasteiger partial charge in [0.2, 0.25) is 5.91 Å². The number of hydrogen-bond donors (Lipinski definition) is 3. The summed E-state index contributed by atoms with van der Waals surface area (Å²) in [5.41, 5.74) is 4.09. The van der Waals surface area contributed by atoms with E-state index in [1.54, 1.807) is 42.6 Å². The number of nitrogens with zero attached hydrogens (tertiary/aromatic N) is 1. The van der Waals surface area contributed by atoms with Crippen LogP contribution in [0.25, 0.3) is 0 Å². The van der Waals surface area contributed by atoms with Crippen molar-refractivity contribution in [2.75, 3.05) is 16.0 Å². The van der Waals surface area contributed by atoms with Crippen molar-refractivity contribution in [1.29, 1.82) is 0 Å². The molecule has 28 heavy (non-hydrogen) atoms. The highest BCUT2D eigenvalue weighted by atomic mass is 16.2. The molecule has 2 aromatic carbocycles. The van der Waals surface area contributed by atoms with Crippen LogP contribution in [-0.2, 0) is 11.3 Å². The van der Waals surface area contributed by atoms with Crippen molar-refractivity contribution < 1.29 is 9.59 Å². The molecule has 1 aromatic heterocycles. The maximum absolute atomic E-state index is 12.6. The van der Waals surface area contributed by atoms with E-state index in [1.807, 2.05) is 12.1 Å². The van der Waals surface area contributed by atoms with Gasteiger partial charge in [0.05, 0.1) is 0 Å². The summed E-state index contributed by atoms with van der Waals surface area (Å²) in [6.07, 6.45) is 1.60. The third kappa shape index (κ3) is 5.17. The molecule has 0 bridgehead atoms. The van der Waals surface area contributed by atoms with Crippen LogP contribution in [-0.4, -0.2) is 16.8 Å². The van der Waals surface area contributed by atoms with Crippen LogP contribution in [0.2, 0.25) is 0 Å². The maximum atomic E-state index is 12.6. The zero-order valence-corrected chi connectivity index (χ0v) is 15.8. The summed E-state index contributed by atoms with van der Waals surface area (Å²) in [7, 11) is 0. The van der Waals surface area contributed by atoms with Crippen molar-refractivity contribution in [3.8, 4) is 0 Å². The summed E-state index contributed by atoms with van der Waals surface area (Å²) in [5, 5.41) is 8.78. The lowest BCUT2D eigenvalue weighted by molar-refractivity contribution is -0.114. The minimum atomic E-state index is -0.249. The second-order valence-corrected chi connectivity index (χ2v) is 6.43.